The number of piperidine rings is 1. The molecule has 2 unspecified atom stereocenters. The molecule has 0 radical (unpaired) electrons. The minimum Gasteiger partial charge on any atom is -0.369 e. The third-order valence-corrected chi connectivity index (χ3v) is 3.45. The van der Waals surface area contributed by atoms with E-state index in [0.717, 1.165) is 25.2 Å². The second kappa shape index (κ2) is 4.95. The van der Waals surface area contributed by atoms with Crippen molar-refractivity contribution in [3.8, 4) is 6.07 Å². The highest BCUT2D eigenvalue weighted by atomic mass is 35.5. The van der Waals surface area contributed by atoms with Gasteiger partial charge in [0.15, 0.2) is 0 Å². The topological polar surface area (TPSA) is 53.0 Å². The Morgan fingerprint density at radius 1 is 1.47 bits per heavy atom. The lowest BCUT2D eigenvalue weighted by Gasteiger charge is -2.36. The number of nitrogens with two attached hydrogens (primary N) is 1. The number of nitriles is 1. The molecule has 1 aliphatic rings. The molecule has 0 spiro atoms. The minimum absolute atomic E-state index is 0.171. The Morgan fingerprint density at radius 3 is 2.88 bits per heavy atom. The van der Waals surface area contributed by atoms with E-state index in [9.17, 15) is 0 Å². The number of halogens is 1. The van der Waals surface area contributed by atoms with Gasteiger partial charge in [-0.2, -0.15) is 5.26 Å². The van der Waals surface area contributed by atoms with Gasteiger partial charge < -0.3 is 10.6 Å². The van der Waals surface area contributed by atoms with Crippen molar-refractivity contribution in [3.05, 3.63) is 28.8 Å². The summed E-state index contributed by atoms with van der Waals surface area (Å²) in [5, 5.41) is 9.68. The summed E-state index contributed by atoms with van der Waals surface area (Å²) >= 11 is 6.04. The first-order valence-electron chi connectivity index (χ1n) is 5.81. The quantitative estimate of drug-likeness (QED) is 0.832. The molecule has 90 valence electrons. The van der Waals surface area contributed by atoms with Crippen LogP contribution < -0.4 is 10.6 Å². The fourth-order valence-electron chi connectivity index (χ4n) is 2.48. The monoisotopic (exact) mass is 249 g/mol. The second-order valence-corrected chi connectivity index (χ2v) is 5.16. The smallest absolute Gasteiger partial charge is 0.103 e. The molecule has 4 heteroatoms. The lowest BCUT2D eigenvalue weighted by atomic mass is 9.95. The first-order valence-corrected chi connectivity index (χ1v) is 6.18. The van der Waals surface area contributed by atoms with Gasteiger partial charge in [-0.1, -0.05) is 24.6 Å². The van der Waals surface area contributed by atoms with Crippen LogP contribution in [-0.2, 0) is 0 Å². The van der Waals surface area contributed by atoms with Crippen molar-refractivity contribution in [2.75, 3.05) is 18.0 Å². The van der Waals surface area contributed by atoms with Crippen LogP contribution in [-0.4, -0.2) is 19.1 Å². The molecule has 0 aliphatic carbocycles. The molecule has 17 heavy (non-hydrogen) atoms. The molecule has 2 atom stereocenters. The summed E-state index contributed by atoms with van der Waals surface area (Å²) in [6, 6.07) is 7.91. The third-order valence-electron chi connectivity index (χ3n) is 3.14. The highest BCUT2D eigenvalue weighted by molar-refractivity contribution is 6.32. The van der Waals surface area contributed by atoms with Gasteiger partial charge in [0, 0.05) is 19.1 Å². The van der Waals surface area contributed by atoms with Gasteiger partial charge in [-0.05, 0) is 24.5 Å². The molecular formula is C13H16ClN3. The van der Waals surface area contributed by atoms with E-state index in [0.29, 0.717) is 16.5 Å². The molecule has 2 rings (SSSR count). The lowest BCUT2D eigenvalue weighted by molar-refractivity contribution is 0.401. The van der Waals surface area contributed by atoms with E-state index in [2.05, 4.69) is 17.9 Å². The Kier molecular flexibility index (Phi) is 3.56. The first-order chi connectivity index (χ1) is 8.11. The zero-order valence-electron chi connectivity index (χ0n) is 9.86. The van der Waals surface area contributed by atoms with Crippen molar-refractivity contribution in [3.63, 3.8) is 0 Å². The summed E-state index contributed by atoms with van der Waals surface area (Å²) in [5.74, 6) is 0.546. The fraction of sp³-hybridized carbons (Fsp3) is 0.462. The van der Waals surface area contributed by atoms with Gasteiger partial charge in [-0.3, -0.25) is 0 Å². The predicted molar refractivity (Wildman–Crippen MR) is 70.1 cm³/mol. The largest absolute Gasteiger partial charge is 0.369 e. The lowest BCUT2D eigenvalue weighted by Crippen LogP contribution is -2.46. The van der Waals surface area contributed by atoms with Crippen LogP contribution in [0, 0.1) is 17.2 Å². The van der Waals surface area contributed by atoms with Crippen LogP contribution in [0.4, 0.5) is 5.69 Å². The standard InChI is InChI=1S/C13H16ClN3/c1-9-5-10(16)8-17(7-9)13-4-2-3-12(14)11(13)6-15/h2-4,9-10H,5,7-8,16H2,1H3. The van der Waals surface area contributed by atoms with Crippen LogP contribution in [0.15, 0.2) is 18.2 Å². The maximum Gasteiger partial charge on any atom is 0.103 e. The number of benzene rings is 1. The van der Waals surface area contributed by atoms with Gasteiger partial charge in [-0.25, -0.2) is 0 Å². The Bertz CT molecular complexity index is 442. The summed E-state index contributed by atoms with van der Waals surface area (Å²) in [4.78, 5) is 2.17. The highest BCUT2D eigenvalue weighted by Gasteiger charge is 2.24. The van der Waals surface area contributed by atoms with Crippen molar-refractivity contribution in [1.82, 2.24) is 0 Å². The SMILES string of the molecule is CC1CC(N)CN(c2cccc(Cl)c2C#N)C1. The molecule has 2 N–H and O–H groups in total. The van der Waals surface area contributed by atoms with Crippen molar-refractivity contribution in [1.29, 1.82) is 5.26 Å². The summed E-state index contributed by atoms with van der Waals surface area (Å²) < 4.78 is 0. The van der Waals surface area contributed by atoms with E-state index >= 15 is 0 Å². The van der Waals surface area contributed by atoms with Crippen LogP contribution in [0.2, 0.25) is 5.02 Å². The normalized spacial score (nSPS) is 24.5. The Hall–Kier alpha value is -1.24. The molecule has 1 fully saturated rings. The number of nitrogens with zero attached hydrogens (tertiary/aromatic N) is 2. The minimum atomic E-state index is 0.171. The van der Waals surface area contributed by atoms with E-state index in [4.69, 9.17) is 22.6 Å². The molecule has 1 saturated heterocycles. The van der Waals surface area contributed by atoms with E-state index in [1.807, 2.05) is 12.1 Å². The molecule has 1 aliphatic heterocycles. The molecule has 3 nitrogen and oxygen atoms in total. The third kappa shape index (κ3) is 2.54. The molecule has 1 aromatic carbocycles. The molecule has 0 saturated carbocycles. The zero-order chi connectivity index (χ0) is 12.4. The summed E-state index contributed by atoms with van der Waals surface area (Å²) in [5.41, 5.74) is 7.48. The van der Waals surface area contributed by atoms with E-state index in [-0.39, 0.29) is 6.04 Å². The van der Waals surface area contributed by atoms with Crippen molar-refractivity contribution in [2.45, 2.75) is 19.4 Å². The van der Waals surface area contributed by atoms with Crippen LogP contribution in [0.3, 0.4) is 0 Å². The average molecular weight is 250 g/mol. The second-order valence-electron chi connectivity index (χ2n) is 4.75. The van der Waals surface area contributed by atoms with Crippen LogP contribution in [0.25, 0.3) is 0 Å². The number of anilines is 1. The Labute approximate surface area is 107 Å². The van der Waals surface area contributed by atoms with Gasteiger partial charge in [-0.15, -0.1) is 0 Å². The summed E-state index contributed by atoms with van der Waals surface area (Å²) in [6.07, 6.45) is 1.04. The van der Waals surface area contributed by atoms with Gasteiger partial charge >= 0.3 is 0 Å². The molecule has 0 bridgehead atoms. The van der Waals surface area contributed by atoms with Gasteiger partial charge in [0.1, 0.15) is 6.07 Å². The van der Waals surface area contributed by atoms with Crippen LogP contribution in [0.1, 0.15) is 18.9 Å². The molecular weight excluding hydrogens is 234 g/mol. The summed E-state index contributed by atoms with van der Waals surface area (Å²) in [7, 11) is 0. The van der Waals surface area contributed by atoms with E-state index < -0.39 is 0 Å². The van der Waals surface area contributed by atoms with E-state index in [1.54, 1.807) is 6.07 Å². The number of rotatable bonds is 1. The molecule has 1 aromatic rings. The van der Waals surface area contributed by atoms with Crippen molar-refractivity contribution < 1.29 is 0 Å². The van der Waals surface area contributed by atoms with Crippen molar-refractivity contribution >= 4 is 17.3 Å². The summed E-state index contributed by atoms with van der Waals surface area (Å²) in [6.45, 7) is 3.91. The Morgan fingerprint density at radius 2 is 2.24 bits per heavy atom. The predicted octanol–water partition coefficient (Wildman–Crippen LogP) is 2.39. The van der Waals surface area contributed by atoms with Crippen molar-refractivity contribution in [2.24, 2.45) is 11.7 Å². The average Bonchev–Trinajstić information content (AvgIpc) is 2.27. The van der Waals surface area contributed by atoms with E-state index in [1.165, 1.54) is 0 Å². The molecule has 0 amide bonds. The maximum atomic E-state index is 9.17. The maximum absolute atomic E-state index is 9.17. The zero-order valence-corrected chi connectivity index (χ0v) is 10.6. The van der Waals surface area contributed by atoms with Gasteiger partial charge in [0.25, 0.3) is 0 Å². The van der Waals surface area contributed by atoms with Crippen LogP contribution in [0.5, 0.6) is 0 Å². The highest BCUT2D eigenvalue weighted by Crippen LogP contribution is 2.29. The van der Waals surface area contributed by atoms with Gasteiger partial charge in [0.2, 0.25) is 0 Å². The number of hydrogen-bond acceptors (Lipinski definition) is 3. The molecule has 1 heterocycles. The van der Waals surface area contributed by atoms with Gasteiger partial charge in [0.05, 0.1) is 16.3 Å². The number of hydrogen-bond donors (Lipinski definition) is 1. The first kappa shape index (κ1) is 12.2. The fourth-order valence-corrected chi connectivity index (χ4v) is 2.70. The Balaban J connectivity index is 2.34. The molecule has 0 aromatic heterocycles. The van der Waals surface area contributed by atoms with Crippen LogP contribution >= 0.6 is 11.6 Å².